The van der Waals surface area contributed by atoms with E-state index in [1.165, 1.54) is 6.07 Å². The molecule has 0 spiro atoms. The van der Waals surface area contributed by atoms with Crippen molar-refractivity contribution in [1.29, 1.82) is 0 Å². The van der Waals surface area contributed by atoms with Gasteiger partial charge in [0.05, 0.1) is 5.69 Å². The number of halogens is 3. The Bertz CT molecular complexity index is 345. The average Bonchev–Trinajstić information content (AvgIpc) is 2.69. The maximum Gasteiger partial charge on any atom is 0.451 e. The molecule has 1 aromatic rings. The predicted molar refractivity (Wildman–Crippen MR) is 47.0 cm³/mol. The third kappa shape index (κ3) is 2.26. The van der Waals surface area contributed by atoms with Crippen molar-refractivity contribution in [3.05, 3.63) is 23.8 Å². The highest BCUT2D eigenvalue weighted by Crippen LogP contribution is 2.28. The lowest BCUT2D eigenvalue weighted by atomic mass is 10.1. The predicted octanol–water partition coefficient (Wildman–Crippen LogP) is 1.92. The van der Waals surface area contributed by atoms with Crippen molar-refractivity contribution < 1.29 is 13.2 Å². The molecule has 0 bridgehead atoms. The van der Waals surface area contributed by atoms with E-state index in [0.717, 1.165) is 25.6 Å². The molecule has 2 rings (SSSR count). The molecule has 6 heteroatoms. The Labute approximate surface area is 84.7 Å². The van der Waals surface area contributed by atoms with Crippen LogP contribution in [0.1, 0.15) is 30.4 Å². The molecule has 82 valence electrons. The SMILES string of the molecule is FC(F)(F)c1nccc(C2CCCN2)n1. The second kappa shape index (κ2) is 3.77. The summed E-state index contributed by atoms with van der Waals surface area (Å²) in [6.07, 6.45) is -1.51. The first-order valence-electron chi connectivity index (χ1n) is 4.71. The first-order chi connectivity index (χ1) is 7.07. The summed E-state index contributed by atoms with van der Waals surface area (Å²) < 4.78 is 36.9. The molecule has 0 aliphatic carbocycles. The molecule has 1 saturated heterocycles. The molecular formula is C9H10F3N3. The van der Waals surface area contributed by atoms with Crippen LogP contribution in [0.4, 0.5) is 13.2 Å². The molecule has 1 aliphatic heterocycles. The first-order valence-corrected chi connectivity index (χ1v) is 4.71. The highest BCUT2D eigenvalue weighted by molar-refractivity contribution is 5.10. The number of alkyl halides is 3. The summed E-state index contributed by atoms with van der Waals surface area (Å²) >= 11 is 0. The molecule has 1 aromatic heterocycles. The molecule has 1 atom stereocenters. The molecule has 0 saturated carbocycles. The largest absolute Gasteiger partial charge is 0.451 e. The van der Waals surface area contributed by atoms with Crippen molar-refractivity contribution in [2.45, 2.75) is 25.1 Å². The van der Waals surface area contributed by atoms with E-state index in [9.17, 15) is 13.2 Å². The molecular weight excluding hydrogens is 207 g/mol. The van der Waals surface area contributed by atoms with E-state index < -0.39 is 12.0 Å². The van der Waals surface area contributed by atoms with Crippen LogP contribution in [-0.4, -0.2) is 16.5 Å². The molecule has 0 amide bonds. The number of nitrogens with zero attached hydrogens (tertiary/aromatic N) is 2. The topological polar surface area (TPSA) is 37.8 Å². The van der Waals surface area contributed by atoms with Gasteiger partial charge in [-0.2, -0.15) is 13.2 Å². The van der Waals surface area contributed by atoms with Crippen molar-refractivity contribution in [3.63, 3.8) is 0 Å². The van der Waals surface area contributed by atoms with E-state index in [-0.39, 0.29) is 6.04 Å². The van der Waals surface area contributed by atoms with Crippen LogP contribution < -0.4 is 5.32 Å². The number of nitrogens with one attached hydrogen (secondary N) is 1. The van der Waals surface area contributed by atoms with Gasteiger partial charge in [0.1, 0.15) is 0 Å². The Morgan fingerprint density at radius 1 is 1.40 bits per heavy atom. The Balaban J connectivity index is 2.26. The molecule has 15 heavy (non-hydrogen) atoms. The van der Waals surface area contributed by atoms with E-state index in [2.05, 4.69) is 15.3 Å². The number of hydrogen-bond donors (Lipinski definition) is 1. The number of rotatable bonds is 1. The fourth-order valence-corrected chi connectivity index (χ4v) is 1.64. The molecule has 3 nitrogen and oxygen atoms in total. The molecule has 1 aliphatic rings. The van der Waals surface area contributed by atoms with E-state index in [4.69, 9.17) is 0 Å². The van der Waals surface area contributed by atoms with Crippen LogP contribution in [-0.2, 0) is 6.18 Å². The fraction of sp³-hybridized carbons (Fsp3) is 0.556. The quantitative estimate of drug-likeness (QED) is 0.780. The van der Waals surface area contributed by atoms with E-state index in [1.807, 2.05) is 0 Å². The first kappa shape index (κ1) is 10.4. The third-order valence-electron chi connectivity index (χ3n) is 2.35. The maximum absolute atomic E-state index is 12.3. The second-order valence-corrected chi connectivity index (χ2v) is 3.45. The van der Waals surface area contributed by atoms with Crippen LogP contribution in [0.3, 0.4) is 0 Å². The van der Waals surface area contributed by atoms with E-state index >= 15 is 0 Å². The van der Waals surface area contributed by atoms with Crippen molar-refractivity contribution in [3.8, 4) is 0 Å². The minimum Gasteiger partial charge on any atom is -0.309 e. The van der Waals surface area contributed by atoms with Gasteiger partial charge in [-0.25, -0.2) is 9.97 Å². The molecule has 0 radical (unpaired) electrons. The van der Waals surface area contributed by atoms with Crippen molar-refractivity contribution in [2.75, 3.05) is 6.54 Å². The van der Waals surface area contributed by atoms with E-state index in [1.54, 1.807) is 0 Å². The van der Waals surface area contributed by atoms with Gasteiger partial charge in [0, 0.05) is 12.2 Å². The summed E-state index contributed by atoms with van der Waals surface area (Å²) in [5.74, 6) is -1.06. The zero-order valence-corrected chi connectivity index (χ0v) is 7.88. The van der Waals surface area contributed by atoms with Gasteiger partial charge in [-0.3, -0.25) is 0 Å². The molecule has 2 heterocycles. The Hall–Kier alpha value is -1.17. The third-order valence-corrected chi connectivity index (χ3v) is 2.35. The summed E-state index contributed by atoms with van der Waals surface area (Å²) in [7, 11) is 0. The van der Waals surface area contributed by atoms with Gasteiger partial charge in [-0.15, -0.1) is 0 Å². The van der Waals surface area contributed by atoms with Crippen molar-refractivity contribution >= 4 is 0 Å². The number of aromatic nitrogens is 2. The summed E-state index contributed by atoms with van der Waals surface area (Å²) in [5, 5.41) is 3.09. The maximum atomic E-state index is 12.3. The Morgan fingerprint density at radius 3 is 2.80 bits per heavy atom. The Morgan fingerprint density at radius 2 is 2.20 bits per heavy atom. The second-order valence-electron chi connectivity index (χ2n) is 3.45. The zero-order chi connectivity index (χ0) is 10.9. The van der Waals surface area contributed by atoms with E-state index in [0.29, 0.717) is 5.69 Å². The minimum absolute atomic E-state index is 0.0610. The smallest absolute Gasteiger partial charge is 0.309 e. The standard InChI is InChI=1S/C9H10F3N3/c10-9(11,12)8-14-5-3-7(15-8)6-2-1-4-13-6/h3,5-6,13H,1-2,4H2. The van der Waals surface area contributed by atoms with Gasteiger partial charge in [-0.05, 0) is 25.5 Å². The zero-order valence-electron chi connectivity index (χ0n) is 7.88. The summed E-state index contributed by atoms with van der Waals surface area (Å²) in [6, 6.07) is 1.46. The monoisotopic (exact) mass is 217 g/mol. The van der Waals surface area contributed by atoms with Gasteiger partial charge < -0.3 is 5.32 Å². The summed E-state index contributed by atoms with van der Waals surface area (Å²) in [4.78, 5) is 6.75. The normalized spacial score (nSPS) is 21.9. The van der Waals surface area contributed by atoms with Gasteiger partial charge in [0.25, 0.3) is 0 Å². The lowest BCUT2D eigenvalue weighted by molar-refractivity contribution is -0.145. The average molecular weight is 217 g/mol. The van der Waals surface area contributed by atoms with Crippen LogP contribution in [0.15, 0.2) is 12.3 Å². The number of hydrogen-bond acceptors (Lipinski definition) is 3. The minimum atomic E-state index is -4.46. The van der Waals surface area contributed by atoms with Gasteiger partial charge >= 0.3 is 6.18 Å². The lowest BCUT2D eigenvalue weighted by Gasteiger charge is -2.11. The summed E-state index contributed by atoms with van der Waals surface area (Å²) in [6.45, 7) is 0.829. The lowest BCUT2D eigenvalue weighted by Crippen LogP contribution is -2.18. The van der Waals surface area contributed by atoms with Crippen LogP contribution in [0, 0.1) is 0 Å². The Kier molecular flexibility index (Phi) is 2.60. The van der Waals surface area contributed by atoms with Crippen LogP contribution >= 0.6 is 0 Å². The van der Waals surface area contributed by atoms with Crippen molar-refractivity contribution in [1.82, 2.24) is 15.3 Å². The molecule has 1 fully saturated rings. The fourth-order valence-electron chi connectivity index (χ4n) is 1.64. The van der Waals surface area contributed by atoms with Gasteiger partial charge in [-0.1, -0.05) is 0 Å². The van der Waals surface area contributed by atoms with Crippen LogP contribution in [0.25, 0.3) is 0 Å². The highest BCUT2D eigenvalue weighted by Gasteiger charge is 2.35. The van der Waals surface area contributed by atoms with Crippen molar-refractivity contribution in [2.24, 2.45) is 0 Å². The molecule has 1 N–H and O–H groups in total. The summed E-state index contributed by atoms with van der Waals surface area (Å²) in [5.41, 5.74) is 0.426. The van der Waals surface area contributed by atoms with Crippen LogP contribution in [0.2, 0.25) is 0 Å². The molecule has 0 aromatic carbocycles. The van der Waals surface area contributed by atoms with Gasteiger partial charge in [0.2, 0.25) is 5.82 Å². The molecule has 1 unspecified atom stereocenters. The van der Waals surface area contributed by atoms with Gasteiger partial charge in [0.15, 0.2) is 0 Å². The highest BCUT2D eigenvalue weighted by atomic mass is 19.4. The van der Waals surface area contributed by atoms with Crippen LogP contribution in [0.5, 0.6) is 0 Å².